The Hall–Kier alpha value is -2.03. The van der Waals surface area contributed by atoms with Gasteiger partial charge in [0.25, 0.3) is 0 Å². The normalized spacial score (nSPS) is 13.7. The molecule has 2 N–H and O–H groups in total. The zero-order chi connectivity index (χ0) is 62.1. The highest BCUT2D eigenvalue weighted by Gasteiger charge is 2.30. The summed E-state index contributed by atoms with van der Waals surface area (Å²) in [5.74, 6) is -0.497. The van der Waals surface area contributed by atoms with Crippen LogP contribution in [-0.2, 0) is 27.9 Å². The van der Waals surface area contributed by atoms with E-state index in [1.165, 1.54) is 250 Å². The van der Waals surface area contributed by atoms with Gasteiger partial charge in [-0.25, -0.2) is 4.57 Å². The number of carbonyl (C=O) groups is 2. The number of likely N-dealkylation sites (N-methyl/N-ethyl adjacent to an activating group) is 1. The van der Waals surface area contributed by atoms with Crippen LogP contribution in [-0.4, -0.2) is 74.3 Å². The lowest BCUT2D eigenvalue weighted by Gasteiger charge is -2.27. The Balaban J connectivity index is 4.94. The number of hydrogen-bond donors (Lipinski definition) is 2. The third kappa shape index (κ3) is 66.2. The van der Waals surface area contributed by atoms with Crippen LogP contribution < -0.4 is 5.32 Å². The van der Waals surface area contributed by atoms with Gasteiger partial charge in [-0.3, -0.25) is 18.6 Å². The van der Waals surface area contributed by atoms with Gasteiger partial charge in [0.15, 0.2) is 0 Å². The van der Waals surface area contributed by atoms with Crippen molar-refractivity contribution in [2.75, 3.05) is 40.9 Å². The first-order chi connectivity index (χ1) is 41.4. The van der Waals surface area contributed by atoms with Gasteiger partial charge < -0.3 is 19.4 Å². The molecule has 0 aromatic carbocycles. The van der Waals surface area contributed by atoms with Crippen LogP contribution in [0.1, 0.15) is 367 Å². The number of allylic oxidation sites excluding steroid dienone is 7. The van der Waals surface area contributed by atoms with Crippen LogP contribution in [0, 0.1) is 0 Å². The molecule has 10 heteroatoms. The Morgan fingerprint density at radius 1 is 0.412 bits per heavy atom. The van der Waals surface area contributed by atoms with Gasteiger partial charge in [-0.15, -0.1) is 0 Å². The van der Waals surface area contributed by atoms with Crippen LogP contribution in [0.5, 0.6) is 0 Å². The molecule has 9 nitrogen and oxygen atoms in total. The fourth-order valence-electron chi connectivity index (χ4n) is 11.1. The predicted octanol–water partition coefficient (Wildman–Crippen LogP) is 23.6. The second-order valence-electron chi connectivity index (χ2n) is 26.5. The molecular formula is C75H144N2O7P+. The molecule has 3 unspecified atom stereocenters. The predicted molar refractivity (Wildman–Crippen MR) is 369 cm³/mol. The summed E-state index contributed by atoms with van der Waals surface area (Å²) in [5, 5.41) is 3.07. The zero-order valence-corrected chi connectivity index (χ0v) is 58.3. The second-order valence-corrected chi connectivity index (χ2v) is 27.9. The monoisotopic (exact) mass is 1220 g/mol. The van der Waals surface area contributed by atoms with E-state index in [1.807, 2.05) is 33.3 Å². The quantitative estimate of drug-likeness (QED) is 0.0205. The summed E-state index contributed by atoms with van der Waals surface area (Å²) in [6, 6.07) is -0.851. The summed E-state index contributed by atoms with van der Waals surface area (Å²) in [5.41, 5.74) is 0. The average molecular weight is 1220 g/mol. The molecule has 0 aromatic heterocycles. The van der Waals surface area contributed by atoms with E-state index in [-0.39, 0.29) is 25.1 Å². The van der Waals surface area contributed by atoms with Crippen LogP contribution in [0.15, 0.2) is 48.6 Å². The van der Waals surface area contributed by atoms with Gasteiger partial charge in [-0.2, -0.15) is 0 Å². The number of ether oxygens (including phenoxy) is 1. The fourth-order valence-corrected chi connectivity index (χ4v) is 11.8. The highest BCUT2D eigenvalue weighted by atomic mass is 31.2. The Morgan fingerprint density at radius 2 is 0.718 bits per heavy atom. The van der Waals surface area contributed by atoms with E-state index in [2.05, 4.69) is 62.5 Å². The number of nitrogens with one attached hydrogen (secondary N) is 1. The number of carbonyl (C=O) groups excluding carboxylic acids is 2. The second kappa shape index (κ2) is 64.9. The maximum Gasteiger partial charge on any atom is 0.472 e. The molecule has 0 rings (SSSR count). The lowest BCUT2D eigenvalue weighted by atomic mass is 10.0. The highest BCUT2D eigenvalue weighted by Crippen LogP contribution is 2.43. The molecule has 0 fully saturated rings. The van der Waals surface area contributed by atoms with Crippen molar-refractivity contribution in [1.82, 2.24) is 5.32 Å². The van der Waals surface area contributed by atoms with Gasteiger partial charge in [-0.05, 0) is 70.3 Å². The van der Waals surface area contributed by atoms with Gasteiger partial charge in [0.2, 0.25) is 5.91 Å². The van der Waals surface area contributed by atoms with Crippen LogP contribution in [0.25, 0.3) is 0 Å². The summed E-state index contributed by atoms with van der Waals surface area (Å²) in [6.07, 6.45) is 82.8. The zero-order valence-electron chi connectivity index (χ0n) is 57.4. The summed E-state index contributed by atoms with van der Waals surface area (Å²) in [7, 11) is 1.50. The molecule has 0 aliphatic heterocycles. The van der Waals surface area contributed by atoms with Crippen molar-refractivity contribution < 1.29 is 37.3 Å². The first-order valence-electron chi connectivity index (χ1n) is 37.0. The number of phosphoric ester groups is 1. The van der Waals surface area contributed by atoms with Crippen molar-refractivity contribution in [1.29, 1.82) is 0 Å². The van der Waals surface area contributed by atoms with Crippen molar-refractivity contribution in [3.8, 4) is 0 Å². The number of phosphoric acid groups is 1. The van der Waals surface area contributed by atoms with Crippen LogP contribution in [0.2, 0.25) is 0 Å². The highest BCUT2D eigenvalue weighted by molar-refractivity contribution is 7.47. The van der Waals surface area contributed by atoms with Crippen LogP contribution in [0.4, 0.5) is 0 Å². The van der Waals surface area contributed by atoms with Gasteiger partial charge in [0.1, 0.15) is 19.3 Å². The largest absolute Gasteiger partial charge is 0.472 e. The number of nitrogens with zero attached hydrogens (tertiary/aromatic N) is 1. The molecule has 0 aromatic rings. The van der Waals surface area contributed by atoms with Crippen molar-refractivity contribution >= 4 is 19.7 Å². The molecule has 0 heterocycles. The molecule has 0 saturated carbocycles. The number of rotatable bonds is 68. The molecule has 85 heavy (non-hydrogen) atoms. The maximum atomic E-state index is 13.6. The van der Waals surface area contributed by atoms with Crippen LogP contribution in [0.3, 0.4) is 0 Å². The Kier molecular flexibility index (Phi) is 63.4. The Bertz CT molecular complexity index is 1590. The van der Waals surface area contributed by atoms with E-state index in [4.69, 9.17) is 13.8 Å². The summed E-state index contributed by atoms with van der Waals surface area (Å²) >= 11 is 0. The van der Waals surface area contributed by atoms with Gasteiger partial charge in [0, 0.05) is 12.8 Å². The maximum absolute atomic E-state index is 13.6. The number of unbranched alkanes of at least 4 members (excludes halogenated alkanes) is 46. The molecule has 0 bridgehead atoms. The van der Waals surface area contributed by atoms with E-state index < -0.39 is 20.0 Å². The molecular weight excluding hydrogens is 1070 g/mol. The van der Waals surface area contributed by atoms with Gasteiger partial charge in [-0.1, -0.05) is 333 Å². The minimum Gasteiger partial charge on any atom is -0.456 e. The summed E-state index contributed by atoms with van der Waals surface area (Å²) in [4.78, 5) is 37.9. The first-order valence-corrected chi connectivity index (χ1v) is 38.5. The molecule has 0 aliphatic carbocycles. The minimum atomic E-state index is -4.45. The Morgan fingerprint density at radius 3 is 1.09 bits per heavy atom. The summed E-state index contributed by atoms with van der Waals surface area (Å²) < 4.78 is 30.8. The molecule has 0 aliphatic rings. The van der Waals surface area contributed by atoms with Crippen molar-refractivity contribution in [3.05, 3.63) is 48.6 Å². The molecule has 0 radical (unpaired) electrons. The molecule has 500 valence electrons. The van der Waals surface area contributed by atoms with E-state index >= 15 is 0 Å². The SMILES string of the molecule is CCCCC/C=C\C/C=C\C/C=C\CCCCCCCCCCC(=O)NC(COP(=O)(O)OCC[N+](C)(C)C)C(/C=C\CCCCCCCCCCC)OC(=O)CCCCCCCCCCCCCCCCCCCCCCCCCCCCC. The van der Waals surface area contributed by atoms with E-state index in [1.54, 1.807) is 0 Å². The van der Waals surface area contributed by atoms with Gasteiger partial charge >= 0.3 is 13.8 Å². The molecule has 0 saturated heterocycles. The van der Waals surface area contributed by atoms with E-state index in [9.17, 15) is 19.0 Å². The Labute approximate surface area is 529 Å². The third-order valence-electron chi connectivity index (χ3n) is 16.8. The van der Waals surface area contributed by atoms with Crippen LogP contribution >= 0.6 is 7.82 Å². The third-order valence-corrected chi connectivity index (χ3v) is 17.8. The van der Waals surface area contributed by atoms with E-state index in [0.29, 0.717) is 23.9 Å². The average Bonchev–Trinajstić information content (AvgIpc) is 3.57. The number of quaternary nitrogens is 1. The number of esters is 1. The minimum absolute atomic E-state index is 0.0400. The lowest BCUT2D eigenvalue weighted by Crippen LogP contribution is -2.47. The first kappa shape index (κ1) is 83.0. The van der Waals surface area contributed by atoms with Crippen molar-refractivity contribution in [2.24, 2.45) is 0 Å². The summed E-state index contributed by atoms with van der Waals surface area (Å²) in [6.45, 7) is 7.03. The lowest BCUT2D eigenvalue weighted by molar-refractivity contribution is -0.870. The standard InChI is InChI=1S/C75H143N2O7P/c1-7-10-13-16-19-22-25-27-29-31-33-35-36-37-38-39-40-42-44-46-48-50-53-56-59-62-65-68-75(79)84-73(66-63-60-57-54-51-24-21-18-15-12-9-3)72(71-83-85(80,81)82-70-69-77(4,5)6)76-74(78)67-64-61-58-55-52-49-47-45-43-41-34-32-30-28-26-23-20-17-14-11-8-2/h20,23,28,30,34,41,63,66,72-73H,7-19,21-22,24-27,29,31-33,35-40,42-62,64-65,67-71H2,1-6H3,(H-,76,78,80,81)/p+1/b23-20-,30-28-,41-34-,66-63-. The number of hydrogen-bond acceptors (Lipinski definition) is 6. The number of amides is 1. The smallest absolute Gasteiger partial charge is 0.456 e. The van der Waals surface area contributed by atoms with Crippen molar-refractivity contribution in [3.63, 3.8) is 0 Å². The molecule has 0 spiro atoms. The topological polar surface area (TPSA) is 111 Å². The fraction of sp³-hybridized carbons (Fsp3) is 0.867. The molecule has 1 amide bonds. The van der Waals surface area contributed by atoms with Gasteiger partial charge in [0.05, 0.1) is 33.8 Å². The molecule has 3 atom stereocenters. The van der Waals surface area contributed by atoms with Crippen molar-refractivity contribution in [2.45, 2.75) is 380 Å². The van der Waals surface area contributed by atoms with E-state index in [0.717, 1.165) is 83.5 Å².